The first-order valence-electron chi connectivity index (χ1n) is 5.63. The van der Waals surface area contributed by atoms with Crippen LogP contribution in [0.5, 0.6) is 5.75 Å². The van der Waals surface area contributed by atoms with Gasteiger partial charge in [-0.15, -0.1) is 5.10 Å². The van der Waals surface area contributed by atoms with Crippen LogP contribution in [-0.4, -0.2) is 24.9 Å². The van der Waals surface area contributed by atoms with E-state index in [1.807, 2.05) is 0 Å². The van der Waals surface area contributed by atoms with Gasteiger partial charge in [0.25, 0.3) is 0 Å². The lowest BCUT2D eigenvalue weighted by molar-refractivity contribution is 0.476. The number of phenolic OH excluding ortho intramolecular Hbond substituents is 1. The molecule has 0 aliphatic rings. The van der Waals surface area contributed by atoms with Crippen molar-refractivity contribution in [1.82, 2.24) is 19.8 Å². The van der Waals surface area contributed by atoms with Gasteiger partial charge in [-0.25, -0.2) is 9.98 Å². The first kappa shape index (κ1) is 13.0. The third-order valence-electron chi connectivity index (χ3n) is 2.69. The molecule has 2 heterocycles. The van der Waals surface area contributed by atoms with Crippen molar-refractivity contribution in [1.29, 1.82) is 0 Å². The van der Waals surface area contributed by atoms with Crippen LogP contribution in [0, 0.1) is 6.92 Å². The van der Waals surface area contributed by atoms with Crippen LogP contribution in [0.1, 0.15) is 5.82 Å². The summed E-state index contributed by atoms with van der Waals surface area (Å²) >= 11 is 11.7. The van der Waals surface area contributed by atoms with Gasteiger partial charge in [-0.05, 0) is 19.1 Å². The van der Waals surface area contributed by atoms with E-state index in [1.165, 1.54) is 16.8 Å². The molecule has 0 radical (unpaired) electrons. The van der Waals surface area contributed by atoms with Crippen LogP contribution in [-0.2, 0) is 0 Å². The topological polar surface area (TPSA) is 78.6 Å². The molecule has 0 atom stereocenters. The van der Waals surface area contributed by atoms with Gasteiger partial charge in [-0.2, -0.15) is 4.63 Å². The Morgan fingerprint density at radius 3 is 2.65 bits per heavy atom. The van der Waals surface area contributed by atoms with E-state index >= 15 is 0 Å². The molecular weight excluding hydrogens is 301 g/mol. The van der Waals surface area contributed by atoms with Gasteiger partial charge in [-0.1, -0.05) is 29.8 Å². The van der Waals surface area contributed by atoms with Crippen LogP contribution in [0.2, 0.25) is 10.0 Å². The molecule has 0 saturated heterocycles. The molecule has 0 aliphatic heterocycles. The van der Waals surface area contributed by atoms with Gasteiger partial charge in [0.1, 0.15) is 11.2 Å². The van der Waals surface area contributed by atoms with Crippen LogP contribution < -0.4 is 10.7 Å². The molecule has 0 unspecified atom stereocenters. The van der Waals surface area contributed by atoms with Crippen molar-refractivity contribution in [3.8, 4) is 5.75 Å². The Morgan fingerprint density at radius 2 is 2.00 bits per heavy atom. The standard InChI is InChI=1S/C12H9Cl2N5O/c1-5-10(12-15-6(2)18-19(12)17-5)16-7-3-8(13)11(20)9(14)4-7/h3-4,17,20H,1H2,2H3. The van der Waals surface area contributed by atoms with E-state index in [-0.39, 0.29) is 15.8 Å². The SMILES string of the molecule is C=c1[nH]n2nc(C)nc2c1=Nc1cc(Cl)c(O)c(Cl)c1. The third-order valence-corrected chi connectivity index (χ3v) is 3.27. The molecule has 20 heavy (non-hydrogen) atoms. The quantitative estimate of drug-likeness (QED) is 0.718. The Hall–Kier alpha value is -2.05. The summed E-state index contributed by atoms with van der Waals surface area (Å²) in [6.45, 7) is 5.63. The van der Waals surface area contributed by atoms with Gasteiger partial charge < -0.3 is 5.11 Å². The van der Waals surface area contributed by atoms with Gasteiger partial charge in [0.05, 0.1) is 21.1 Å². The molecule has 102 valence electrons. The van der Waals surface area contributed by atoms with E-state index < -0.39 is 0 Å². The second kappa shape index (κ2) is 4.50. The minimum atomic E-state index is -0.167. The highest BCUT2D eigenvalue weighted by molar-refractivity contribution is 6.37. The number of H-pyrrole nitrogens is 1. The Bertz CT molecular complexity index is 904. The van der Waals surface area contributed by atoms with Crippen molar-refractivity contribution < 1.29 is 5.11 Å². The maximum atomic E-state index is 9.54. The summed E-state index contributed by atoms with van der Waals surface area (Å²) in [7, 11) is 0. The predicted molar refractivity (Wildman–Crippen MR) is 76.2 cm³/mol. The number of aromatic nitrogens is 4. The largest absolute Gasteiger partial charge is 0.505 e. The Balaban J connectivity index is 2.29. The van der Waals surface area contributed by atoms with Crippen LogP contribution in [0.4, 0.5) is 5.69 Å². The van der Waals surface area contributed by atoms with Gasteiger partial charge in [-0.3, -0.25) is 5.10 Å². The lowest BCUT2D eigenvalue weighted by Gasteiger charge is -2.00. The van der Waals surface area contributed by atoms with Gasteiger partial charge in [0, 0.05) is 0 Å². The Kier molecular flexibility index (Phi) is 2.92. The summed E-state index contributed by atoms with van der Waals surface area (Å²) in [6.07, 6.45) is 0. The maximum Gasteiger partial charge on any atom is 0.202 e. The molecule has 6 nitrogen and oxygen atoms in total. The number of aromatic hydroxyl groups is 1. The summed E-state index contributed by atoms with van der Waals surface area (Å²) in [4.78, 5) is 8.67. The Labute approximate surface area is 123 Å². The predicted octanol–water partition coefficient (Wildman–Crippen LogP) is 1.74. The van der Waals surface area contributed by atoms with Crippen molar-refractivity contribution in [2.75, 3.05) is 0 Å². The highest BCUT2D eigenvalue weighted by atomic mass is 35.5. The number of nitrogens with zero attached hydrogens (tertiary/aromatic N) is 4. The molecular formula is C12H9Cl2N5O. The third kappa shape index (κ3) is 2.03. The number of nitrogens with one attached hydrogen (secondary N) is 1. The first-order valence-corrected chi connectivity index (χ1v) is 6.38. The Morgan fingerprint density at radius 1 is 1.35 bits per heavy atom. The lowest BCUT2D eigenvalue weighted by atomic mass is 10.3. The highest BCUT2D eigenvalue weighted by Gasteiger charge is 2.08. The fourth-order valence-corrected chi connectivity index (χ4v) is 2.30. The zero-order valence-corrected chi connectivity index (χ0v) is 11.9. The summed E-state index contributed by atoms with van der Waals surface area (Å²) in [6, 6.07) is 3.02. The van der Waals surface area contributed by atoms with Gasteiger partial charge in [0.15, 0.2) is 5.75 Å². The molecule has 0 fully saturated rings. The van der Waals surface area contributed by atoms with Crippen LogP contribution in [0.15, 0.2) is 17.1 Å². The number of phenols is 1. The van der Waals surface area contributed by atoms with E-state index in [1.54, 1.807) is 6.92 Å². The normalized spacial score (nSPS) is 12.4. The van der Waals surface area contributed by atoms with Crippen LogP contribution in [0.3, 0.4) is 0 Å². The molecule has 0 saturated carbocycles. The summed E-state index contributed by atoms with van der Waals surface area (Å²) in [5.41, 5.74) is 1.05. The van der Waals surface area contributed by atoms with E-state index in [0.29, 0.717) is 27.9 Å². The number of aromatic amines is 1. The van der Waals surface area contributed by atoms with E-state index in [0.717, 1.165) is 0 Å². The van der Waals surface area contributed by atoms with Crippen molar-refractivity contribution in [3.63, 3.8) is 0 Å². The summed E-state index contributed by atoms with van der Waals surface area (Å²) < 4.78 is 1.50. The highest BCUT2D eigenvalue weighted by Crippen LogP contribution is 2.35. The second-order valence-electron chi connectivity index (χ2n) is 4.20. The molecule has 0 bridgehead atoms. The molecule has 0 aliphatic carbocycles. The molecule has 0 amide bonds. The molecule has 1 aromatic carbocycles. The number of hydrogen-bond donors (Lipinski definition) is 2. The summed E-state index contributed by atoms with van der Waals surface area (Å²) in [5, 5.41) is 18.0. The lowest BCUT2D eigenvalue weighted by Crippen LogP contribution is -2.21. The van der Waals surface area contributed by atoms with Gasteiger partial charge in [0.2, 0.25) is 5.65 Å². The molecule has 3 rings (SSSR count). The number of fused-ring (bicyclic) bond motifs is 1. The van der Waals surface area contributed by atoms with Crippen molar-refractivity contribution in [2.24, 2.45) is 4.99 Å². The zero-order chi connectivity index (χ0) is 14.4. The van der Waals surface area contributed by atoms with Crippen LogP contribution >= 0.6 is 23.2 Å². The van der Waals surface area contributed by atoms with Crippen molar-refractivity contribution >= 4 is 41.1 Å². The monoisotopic (exact) mass is 309 g/mol. The number of rotatable bonds is 1. The van der Waals surface area contributed by atoms with E-state index in [2.05, 4.69) is 26.8 Å². The molecule has 2 N–H and O–H groups in total. The summed E-state index contributed by atoms with van der Waals surface area (Å²) in [5.74, 6) is 0.453. The van der Waals surface area contributed by atoms with Crippen molar-refractivity contribution in [2.45, 2.75) is 6.92 Å². The molecule has 3 aromatic rings. The minimum Gasteiger partial charge on any atom is -0.505 e. The number of aryl methyl sites for hydroxylation is 1. The number of halogens is 2. The smallest absolute Gasteiger partial charge is 0.202 e. The maximum absolute atomic E-state index is 9.54. The molecule has 0 spiro atoms. The van der Waals surface area contributed by atoms with E-state index in [4.69, 9.17) is 23.2 Å². The van der Waals surface area contributed by atoms with Gasteiger partial charge >= 0.3 is 0 Å². The molecule has 2 aromatic heterocycles. The molecule has 8 heteroatoms. The average Bonchev–Trinajstić information content (AvgIpc) is 2.84. The second-order valence-corrected chi connectivity index (χ2v) is 5.02. The van der Waals surface area contributed by atoms with Crippen LogP contribution in [0.25, 0.3) is 12.2 Å². The number of benzene rings is 1. The van der Waals surface area contributed by atoms with Crippen molar-refractivity contribution in [3.05, 3.63) is 38.7 Å². The zero-order valence-electron chi connectivity index (χ0n) is 10.4. The minimum absolute atomic E-state index is 0.131. The fourth-order valence-electron chi connectivity index (χ4n) is 1.83. The average molecular weight is 310 g/mol. The fraction of sp³-hybridized carbons (Fsp3) is 0.0833. The number of hydrogen-bond acceptors (Lipinski definition) is 4. The first-order chi connectivity index (χ1) is 9.45. The van der Waals surface area contributed by atoms with E-state index in [9.17, 15) is 5.11 Å².